The van der Waals surface area contributed by atoms with Crippen molar-refractivity contribution < 1.29 is 22.7 Å². The minimum absolute atomic E-state index is 0.0850. The van der Waals surface area contributed by atoms with Gasteiger partial charge in [-0.15, -0.1) is 0 Å². The molecule has 0 unspecified atom stereocenters. The van der Waals surface area contributed by atoms with Gasteiger partial charge in [-0.2, -0.15) is 0 Å². The summed E-state index contributed by atoms with van der Waals surface area (Å²) in [5, 5.41) is 2.92. The molecule has 1 aromatic heterocycles. The minimum Gasteiger partial charge on any atom is -0.481 e. The molecule has 0 bridgehead atoms. The van der Waals surface area contributed by atoms with Crippen molar-refractivity contribution in [3.05, 3.63) is 23.9 Å². The van der Waals surface area contributed by atoms with Gasteiger partial charge in [0.05, 0.1) is 24.5 Å². The Bertz CT molecular complexity index is 811. The molecule has 0 aromatic carbocycles. The van der Waals surface area contributed by atoms with Crippen molar-refractivity contribution in [1.82, 2.24) is 19.5 Å². The van der Waals surface area contributed by atoms with E-state index in [1.165, 1.54) is 13.3 Å². The molecule has 0 spiro atoms. The number of sulfonamides is 1. The van der Waals surface area contributed by atoms with Gasteiger partial charge in [-0.3, -0.25) is 14.5 Å². The summed E-state index contributed by atoms with van der Waals surface area (Å²) < 4.78 is 30.6. The lowest BCUT2D eigenvalue weighted by atomic mass is 10.1. The van der Waals surface area contributed by atoms with Crippen LogP contribution in [0.5, 0.6) is 5.88 Å². The molecular weight excluding hydrogens is 372 g/mol. The van der Waals surface area contributed by atoms with Crippen molar-refractivity contribution in [3.8, 4) is 5.88 Å². The smallest absolute Gasteiger partial charge is 0.253 e. The molecule has 2 fully saturated rings. The summed E-state index contributed by atoms with van der Waals surface area (Å²) in [6.07, 6.45) is 2.40. The van der Waals surface area contributed by atoms with E-state index in [0.717, 1.165) is 4.31 Å². The first-order valence-corrected chi connectivity index (χ1v) is 10.6. The molecule has 2 aliphatic heterocycles. The van der Waals surface area contributed by atoms with Crippen molar-refractivity contribution in [3.63, 3.8) is 0 Å². The van der Waals surface area contributed by atoms with Crippen LogP contribution in [0.25, 0.3) is 0 Å². The third-order valence-corrected chi connectivity index (χ3v) is 6.61. The van der Waals surface area contributed by atoms with E-state index in [1.54, 1.807) is 12.1 Å². The zero-order valence-corrected chi connectivity index (χ0v) is 16.2. The van der Waals surface area contributed by atoms with Gasteiger partial charge in [0.15, 0.2) is 0 Å². The maximum Gasteiger partial charge on any atom is 0.253 e. The number of hydrogen-bond donors (Lipinski definition) is 1. The van der Waals surface area contributed by atoms with Crippen molar-refractivity contribution in [2.75, 3.05) is 32.5 Å². The van der Waals surface area contributed by atoms with E-state index in [1.807, 2.05) is 11.8 Å². The predicted molar refractivity (Wildman–Crippen MR) is 97.8 cm³/mol. The van der Waals surface area contributed by atoms with Crippen molar-refractivity contribution in [1.29, 1.82) is 0 Å². The van der Waals surface area contributed by atoms with E-state index < -0.39 is 22.0 Å². The number of pyridine rings is 1. The maximum atomic E-state index is 12.8. The number of hydrogen-bond acceptors (Lipinski definition) is 7. The molecule has 1 N–H and O–H groups in total. The minimum atomic E-state index is -3.57. The van der Waals surface area contributed by atoms with E-state index in [-0.39, 0.29) is 30.8 Å². The van der Waals surface area contributed by atoms with Crippen LogP contribution in [0.2, 0.25) is 0 Å². The molecule has 1 aromatic rings. The molecular formula is C17H24N4O5S. The standard InChI is InChI=1S/C17H24N4O5S/c1-3-6-21-17(23)14-9-13(11-20(14)7-8-27(21,24)25)19-16(22)12-4-5-15(26-2)18-10-12/h4-5,10,13-14H,3,6-9,11H2,1-2H3,(H,19,22)/t13-,14-/m0/s1. The van der Waals surface area contributed by atoms with Crippen LogP contribution in [0.4, 0.5) is 0 Å². The second kappa shape index (κ2) is 7.81. The van der Waals surface area contributed by atoms with Crippen LogP contribution in [0, 0.1) is 0 Å². The monoisotopic (exact) mass is 396 g/mol. The molecule has 3 heterocycles. The highest BCUT2D eigenvalue weighted by atomic mass is 32.2. The van der Waals surface area contributed by atoms with Gasteiger partial charge in [-0.25, -0.2) is 17.7 Å². The highest BCUT2D eigenvalue weighted by molar-refractivity contribution is 7.89. The van der Waals surface area contributed by atoms with E-state index >= 15 is 0 Å². The first-order chi connectivity index (χ1) is 12.9. The van der Waals surface area contributed by atoms with Gasteiger partial charge in [0.25, 0.3) is 11.8 Å². The molecule has 0 aliphatic carbocycles. The lowest BCUT2D eigenvalue weighted by Crippen LogP contribution is -2.44. The Hall–Kier alpha value is -2.20. The van der Waals surface area contributed by atoms with Gasteiger partial charge < -0.3 is 10.1 Å². The number of methoxy groups -OCH3 is 1. The van der Waals surface area contributed by atoms with Crippen molar-refractivity contribution in [2.24, 2.45) is 0 Å². The van der Waals surface area contributed by atoms with Crippen molar-refractivity contribution in [2.45, 2.75) is 31.8 Å². The number of fused-ring (bicyclic) bond motifs is 1. The topological polar surface area (TPSA) is 109 Å². The fourth-order valence-electron chi connectivity index (χ4n) is 3.51. The van der Waals surface area contributed by atoms with Crippen LogP contribution < -0.4 is 10.1 Å². The van der Waals surface area contributed by atoms with Gasteiger partial charge in [0, 0.05) is 37.9 Å². The SMILES string of the molecule is CCCN1C(=O)[C@@H]2C[C@H](NC(=O)c3ccc(OC)nc3)CN2CCS1(=O)=O. The Labute approximate surface area is 158 Å². The van der Waals surface area contributed by atoms with E-state index in [9.17, 15) is 18.0 Å². The summed E-state index contributed by atoms with van der Waals surface area (Å²) >= 11 is 0. The summed E-state index contributed by atoms with van der Waals surface area (Å²) in [7, 11) is -2.07. The van der Waals surface area contributed by atoms with Gasteiger partial charge >= 0.3 is 0 Å². The fourth-order valence-corrected chi connectivity index (χ4v) is 5.06. The van der Waals surface area contributed by atoms with Gasteiger partial charge in [0.2, 0.25) is 15.9 Å². The summed E-state index contributed by atoms with van der Waals surface area (Å²) in [6.45, 7) is 2.77. The van der Waals surface area contributed by atoms with Crippen LogP contribution in [0.3, 0.4) is 0 Å². The molecule has 2 amide bonds. The first kappa shape index (κ1) is 19.6. The average Bonchev–Trinajstić information content (AvgIpc) is 3.03. The normalized spacial score (nSPS) is 25.0. The van der Waals surface area contributed by atoms with Crippen LogP contribution in [-0.4, -0.2) is 79.0 Å². The average molecular weight is 396 g/mol. The molecule has 2 atom stereocenters. The summed E-state index contributed by atoms with van der Waals surface area (Å²) in [4.78, 5) is 31.1. The second-order valence-electron chi connectivity index (χ2n) is 6.73. The van der Waals surface area contributed by atoms with Gasteiger partial charge in [-0.1, -0.05) is 6.92 Å². The summed E-state index contributed by atoms with van der Waals surface area (Å²) in [5.41, 5.74) is 0.402. The molecule has 2 aliphatic rings. The van der Waals surface area contributed by atoms with E-state index in [4.69, 9.17) is 4.74 Å². The highest BCUT2D eigenvalue weighted by Crippen LogP contribution is 2.25. The Morgan fingerprint density at radius 1 is 1.41 bits per heavy atom. The Morgan fingerprint density at radius 2 is 2.19 bits per heavy atom. The second-order valence-corrected chi connectivity index (χ2v) is 8.75. The van der Waals surface area contributed by atoms with Crippen LogP contribution in [0.15, 0.2) is 18.3 Å². The molecule has 9 nitrogen and oxygen atoms in total. The zero-order valence-electron chi connectivity index (χ0n) is 15.4. The molecule has 27 heavy (non-hydrogen) atoms. The van der Waals surface area contributed by atoms with Crippen LogP contribution in [-0.2, 0) is 14.8 Å². The Morgan fingerprint density at radius 3 is 2.81 bits per heavy atom. The molecule has 0 saturated carbocycles. The number of carbonyl (C=O) groups is 2. The number of rotatable bonds is 5. The zero-order chi connectivity index (χ0) is 19.6. The molecule has 10 heteroatoms. The number of carbonyl (C=O) groups excluding carboxylic acids is 2. The largest absolute Gasteiger partial charge is 0.481 e. The van der Waals surface area contributed by atoms with E-state index in [0.29, 0.717) is 30.8 Å². The molecule has 148 valence electrons. The first-order valence-electron chi connectivity index (χ1n) is 8.95. The highest BCUT2D eigenvalue weighted by Gasteiger charge is 2.44. The predicted octanol–water partition coefficient (Wildman–Crippen LogP) is -0.155. The number of nitrogens with zero attached hydrogens (tertiary/aromatic N) is 3. The molecule has 0 radical (unpaired) electrons. The maximum absolute atomic E-state index is 12.8. The lowest BCUT2D eigenvalue weighted by Gasteiger charge is -2.23. The number of aromatic nitrogens is 1. The quantitative estimate of drug-likeness (QED) is 0.737. The summed E-state index contributed by atoms with van der Waals surface area (Å²) in [6, 6.07) is 2.48. The Balaban J connectivity index is 1.68. The van der Waals surface area contributed by atoms with Crippen molar-refractivity contribution >= 4 is 21.8 Å². The van der Waals surface area contributed by atoms with Gasteiger partial charge in [0.1, 0.15) is 0 Å². The third-order valence-electron chi connectivity index (χ3n) is 4.88. The van der Waals surface area contributed by atoms with Crippen LogP contribution in [0.1, 0.15) is 30.1 Å². The number of nitrogens with one attached hydrogen (secondary N) is 1. The molecule has 3 rings (SSSR count). The van der Waals surface area contributed by atoms with Gasteiger partial charge in [-0.05, 0) is 18.9 Å². The summed E-state index contributed by atoms with van der Waals surface area (Å²) in [5.74, 6) is -0.336. The van der Waals surface area contributed by atoms with Crippen LogP contribution >= 0.6 is 0 Å². The molecule has 2 saturated heterocycles. The number of amides is 2. The Kier molecular flexibility index (Phi) is 5.66. The fraction of sp³-hybridized carbons (Fsp3) is 0.588. The number of ether oxygens (including phenoxy) is 1. The van der Waals surface area contributed by atoms with E-state index in [2.05, 4.69) is 10.3 Å². The lowest BCUT2D eigenvalue weighted by molar-refractivity contribution is -0.130. The third kappa shape index (κ3) is 4.06.